The van der Waals surface area contributed by atoms with Crippen LogP contribution in [0.5, 0.6) is 5.75 Å². The minimum Gasteiger partial charge on any atom is -0.404 e. The first-order chi connectivity index (χ1) is 15.0. The minimum atomic E-state index is -3.96. The average molecular weight is 443 g/mol. The molecule has 2 aliphatic carbocycles. The molecule has 3 rings (SSSR count). The summed E-state index contributed by atoms with van der Waals surface area (Å²) in [4.78, 5) is 0. The lowest BCUT2D eigenvalue weighted by molar-refractivity contribution is 0.00912. The lowest BCUT2D eigenvalue weighted by Crippen LogP contribution is -2.35. The summed E-state index contributed by atoms with van der Waals surface area (Å²) >= 11 is 0. The van der Waals surface area contributed by atoms with Crippen LogP contribution in [0.4, 0.5) is 0 Å². The van der Waals surface area contributed by atoms with Gasteiger partial charge in [0.2, 0.25) is 0 Å². The van der Waals surface area contributed by atoms with Gasteiger partial charge in [-0.05, 0) is 37.8 Å². The third-order valence-electron chi connectivity index (χ3n) is 5.68. The molecule has 2 aliphatic rings. The second-order valence-corrected chi connectivity index (χ2v) is 9.80. The number of rotatable bonds is 12. The van der Waals surface area contributed by atoms with E-state index in [0.29, 0.717) is 18.6 Å². The van der Waals surface area contributed by atoms with E-state index in [9.17, 15) is 4.57 Å². The molecule has 0 spiro atoms. The fourth-order valence-electron chi connectivity index (χ4n) is 3.95. The molecule has 0 aliphatic heterocycles. The van der Waals surface area contributed by atoms with Gasteiger partial charge in [-0.3, -0.25) is 9.05 Å². The highest BCUT2D eigenvalue weighted by atomic mass is 31.2. The normalized spacial score (nSPS) is 26.6. The zero-order valence-electron chi connectivity index (χ0n) is 18.7. The molecule has 0 aromatic heterocycles. The molecule has 0 fully saturated rings. The van der Waals surface area contributed by atoms with Crippen LogP contribution in [-0.2, 0) is 13.6 Å². The Morgan fingerprint density at radius 3 is 1.74 bits per heavy atom. The molecule has 5 heteroatoms. The lowest BCUT2D eigenvalue weighted by Gasteiger charge is -2.38. The van der Waals surface area contributed by atoms with Crippen LogP contribution in [0, 0.1) is 0 Å². The van der Waals surface area contributed by atoms with Crippen molar-refractivity contribution in [2.45, 2.75) is 76.4 Å². The zero-order chi connectivity index (χ0) is 22.0. The Bertz CT molecular complexity index is 809. The smallest absolute Gasteiger partial charge is 0.404 e. The molecular weight excluding hydrogens is 407 g/mol. The summed E-state index contributed by atoms with van der Waals surface area (Å²) in [5.41, 5.74) is -1.40. The van der Waals surface area contributed by atoms with Crippen LogP contribution < -0.4 is 4.52 Å². The van der Waals surface area contributed by atoms with Gasteiger partial charge in [-0.25, -0.2) is 4.57 Å². The van der Waals surface area contributed by atoms with Crippen LogP contribution in [0.15, 0.2) is 78.9 Å². The van der Waals surface area contributed by atoms with Crippen molar-refractivity contribution in [1.82, 2.24) is 0 Å². The molecule has 0 amide bonds. The molecule has 1 aromatic carbocycles. The molecule has 0 bridgehead atoms. The first kappa shape index (κ1) is 23.8. The molecule has 0 heterocycles. The predicted octanol–water partition coefficient (Wildman–Crippen LogP) is 8.10. The number of hydrogen-bond donors (Lipinski definition) is 0. The first-order valence-corrected chi connectivity index (χ1v) is 12.9. The van der Waals surface area contributed by atoms with E-state index in [1.54, 1.807) is 12.1 Å². The van der Waals surface area contributed by atoms with Gasteiger partial charge in [0.1, 0.15) is 17.0 Å². The van der Waals surface area contributed by atoms with Gasteiger partial charge in [0.15, 0.2) is 0 Å². The number of benzene rings is 1. The topological polar surface area (TPSA) is 44.8 Å². The maximum Gasteiger partial charge on any atom is 0.531 e. The predicted molar refractivity (Wildman–Crippen MR) is 127 cm³/mol. The highest BCUT2D eigenvalue weighted by Gasteiger charge is 2.46. The van der Waals surface area contributed by atoms with Crippen LogP contribution in [-0.4, -0.2) is 11.2 Å². The van der Waals surface area contributed by atoms with Crippen LogP contribution in [0.2, 0.25) is 0 Å². The highest BCUT2D eigenvalue weighted by molar-refractivity contribution is 7.49. The van der Waals surface area contributed by atoms with Crippen molar-refractivity contribution in [2.24, 2.45) is 0 Å². The Hall–Kier alpha value is -1.87. The highest BCUT2D eigenvalue weighted by Crippen LogP contribution is 2.58. The second kappa shape index (κ2) is 11.1. The third-order valence-corrected chi connectivity index (χ3v) is 7.28. The van der Waals surface area contributed by atoms with Crippen molar-refractivity contribution in [3.05, 3.63) is 78.9 Å². The number of hydrogen-bond acceptors (Lipinski definition) is 4. The van der Waals surface area contributed by atoms with E-state index in [-0.39, 0.29) is 0 Å². The first-order valence-electron chi connectivity index (χ1n) is 11.5. The summed E-state index contributed by atoms with van der Waals surface area (Å²) in [7, 11) is -3.96. The Labute approximate surface area is 187 Å². The van der Waals surface area contributed by atoms with Gasteiger partial charge in [-0.2, -0.15) is 0 Å². The quantitative estimate of drug-likeness (QED) is 0.307. The van der Waals surface area contributed by atoms with E-state index in [1.807, 2.05) is 54.7 Å². The van der Waals surface area contributed by atoms with Crippen molar-refractivity contribution >= 4 is 7.82 Å². The summed E-state index contributed by atoms with van der Waals surface area (Å²) in [5.74, 6) is 0.479. The van der Waals surface area contributed by atoms with E-state index in [1.165, 1.54) is 0 Å². The van der Waals surface area contributed by atoms with Gasteiger partial charge in [-0.15, -0.1) is 0 Å². The molecule has 4 nitrogen and oxygen atoms in total. The fraction of sp³-hybridized carbons (Fsp3) is 0.462. The molecule has 0 saturated heterocycles. The molecule has 0 saturated carbocycles. The van der Waals surface area contributed by atoms with Crippen molar-refractivity contribution in [3.8, 4) is 5.75 Å². The summed E-state index contributed by atoms with van der Waals surface area (Å²) in [6.07, 6.45) is 22.8. The van der Waals surface area contributed by atoms with Crippen LogP contribution in [0.3, 0.4) is 0 Å². The van der Waals surface area contributed by atoms with Gasteiger partial charge >= 0.3 is 7.82 Å². The molecule has 168 valence electrons. The standard InChI is InChI=1S/C26H35O4P/c1-3-5-18-25(20-12-8-13-21-25)29-31(27,28-24-16-10-7-11-17-24)30-26(19-6-4-2)22-14-9-15-23-26/h7-17,20,22H,3-6,18-19,21,23H2,1-2H3. The maximum absolute atomic E-state index is 14.3. The maximum atomic E-state index is 14.3. The average Bonchev–Trinajstić information content (AvgIpc) is 2.78. The molecular formula is C26H35O4P. The second-order valence-electron chi connectivity index (χ2n) is 8.35. The Morgan fingerprint density at radius 2 is 1.32 bits per heavy atom. The Morgan fingerprint density at radius 1 is 0.806 bits per heavy atom. The van der Waals surface area contributed by atoms with Gasteiger partial charge in [0, 0.05) is 0 Å². The summed E-state index contributed by atoms with van der Waals surface area (Å²) < 4.78 is 33.1. The molecule has 2 unspecified atom stereocenters. The largest absolute Gasteiger partial charge is 0.531 e. The summed E-state index contributed by atoms with van der Waals surface area (Å²) in [5, 5.41) is 0. The molecule has 2 atom stereocenters. The van der Waals surface area contributed by atoms with Gasteiger partial charge < -0.3 is 4.52 Å². The molecule has 31 heavy (non-hydrogen) atoms. The molecule has 0 N–H and O–H groups in total. The van der Waals surface area contributed by atoms with E-state index in [2.05, 4.69) is 26.0 Å². The number of phosphoric acid groups is 1. The van der Waals surface area contributed by atoms with Crippen molar-refractivity contribution in [3.63, 3.8) is 0 Å². The van der Waals surface area contributed by atoms with Gasteiger partial charge in [-0.1, -0.05) is 106 Å². The fourth-order valence-corrected chi connectivity index (χ4v) is 5.79. The summed E-state index contributed by atoms with van der Waals surface area (Å²) in [6.45, 7) is 4.29. The Balaban J connectivity index is 1.93. The Kier molecular flexibility index (Phi) is 8.54. The number of para-hydroxylation sites is 1. The minimum absolute atomic E-state index is 0.479. The monoisotopic (exact) mass is 442 g/mol. The third kappa shape index (κ3) is 6.80. The van der Waals surface area contributed by atoms with E-state index >= 15 is 0 Å². The number of unbranched alkanes of at least 4 members (excludes halogenated alkanes) is 2. The van der Waals surface area contributed by atoms with Crippen molar-refractivity contribution < 1.29 is 18.1 Å². The summed E-state index contributed by atoms with van der Waals surface area (Å²) in [6, 6.07) is 9.17. The molecule has 1 aromatic rings. The lowest BCUT2D eigenvalue weighted by atomic mass is 9.90. The number of allylic oxidation sites excluding steroid dienone is 4. The SMILES string of the molecule is CCCCC1(OP(=O)(Oc2ccccc2)OC2(CCCC)C=CC=CC2)C=CC=CC1. The van der Waals surface area contributed by atoms with Gasteiger partial charge in [0.05, 0.1) is 0 Å². The van der Waals surface area contributed by atoms with E-state index in [4.69, 9.17) is 13.6 Å². The number of phosphoric ester groups is 1. The van der Waals surface area contributed by atoms with Crippen LogP contribution in [0.1, 0.15) is 65.2 Å². The van der Waals surface area contributed by atoms with E-state index in [0.717, 1.165) is 38.5 Å². The zero-order valence-corrected chi connectivity index (χ0v) is 19.6. The van der Waals surface area contributed by atoms with Crippen molar-refractivity contribution in [1.29, 1.82) is 0 Å². The van der Waals surface area contributed by atoms with Crippen LogP contribution >= 0.6 is 7.82 Å². The van der Waals surface area contributed by atoms with Crippen molar-refractivity contribution in [2.75, 3.05) is 0 Å². The van der Waals surface area contributed by atoms with Gasteiger partial charge in [0.25, 0.3) is 0 Å². The van der Waals surface area contributed by atoms with E-state index < -0.39 is 19.0 Å². The van der Waals surface area contributed by atoms with Crippen LogP contribution in [0.25, 0.3) is 0 Å². The molecule has 0 radical (unpaired) electrons.